The third-order valence-corrected chi connectivity index (χ3v) is 1.38. The zero-order valence-corrected chi connectivity index (χ0v) is 6.36. The monoisotopic (exact) mass is 184 g/mol. The topological polar surface area (TPSA) is 86.2 Å². The van der Waals surface area contributed by atoms with Crippen LogP contribution in [0.25, 0.3) is 0 Å². The lowest BCUT2D eigenvalue weighted by molar-refractivity contribution is -0.385. The van der Waals surface area contributed by atoms with E-state index in [1.807, 2.05) is 0 Å². The fraction of sp³-hybridized carbons (Fsp3) is 0. The summed E-state index contributed by atoms with van der Waals surface area (Å²) < 4.78 is 12.6. The molecule has 0 spiro atoms. The maximum Gasteiger partial charge on any atom is 0.273 e. The number of rotatable bonds is 2. The molecule has 5 nitrogen and oxygen atoms in total. The summed E-state index contributed by atoms with van der Waals surface area (Å²) in [7, 11) is 0. The molecule has 0 aliphatic heterocycles. The van der Waals surface area contributed by atoms with Crippen molar-refractivity contribution < 1.29 is 14.1 Å². The lowest BCUT2D eigenvalue weighted by Gasteiger charge is -1.96. The molecule has 1 aromatic carbocycles. The van der Waals surface area contributed by atoms with Crippen molar-refractivity contribution in [1.82, 2.24) is 0 Å². The highest BCUT2D eigenvalue weighted by atomic mass is 19.1. The number of nitrogens with zero attached hydrogens (tertiary/aromatic N) is 1. The van der Waals surface area contributed by atoms with Gasteiger partial charge < -0.3 is 5.73 Å². The Morgan fingerprint density at radius 2 is 2.08 bits per heavy atom. The predicted molar refractivity (Wildman–Crippen MR) is 41.6 cm³/mol. The molecule has 0 saturated heterocycles. The Morgan fingerprint density at radius 3 is 2.54 bits per heavy atom. The summed E-state index contributed by atoms with van der Waals surface area (Å²) in [6.07, 6.45) is 0. The standard InChI is InChI=1S/C7H5FN2O3/c8-5-1-4(7(9)11)2-6(3-5)10(12)13/h1-3H,(H2,9,11). The lowest BCUT2D eigenvalue weighted by atomic mass is 10.2. The molecule has 0 saturated carbocycles. The minimum atomic E-state index is -0.900. The summed E-state index contributed by atoms with van der Waals surface area (Å²) in [5.74, 6) is -1.76. The first-order valence-electron chi connectivity index (χ1n) is 3.25. The van der Waals surface area contributed by atoms with E-state index in [1.165, 1.54) is 0 Å². The van der Waals surface area contributed by atoms with E-state index >= 15 is 0 Å². The van der Waals surface area contributed by atoms with Crippen LogP contribution in [0.15, 0.2) is 18.2 Å². The summed E-state index contributed by atoms with van der Waals surface area (Å²) in [6, 6.07) is 2.48. The van der Waals surface area contributed by atoms with Crippen LogP contribution in [-0.2, 0) is 0 Å². The van der Waals surface area contributed by atoms with E-state index < -0.39 is 22.3 Å². The molecule has 1 aromatic rings. The van der Waals surface area contributed by atoms with Crippen LogP contribution < -0.4 is 5.73 Å². The molecule has 0 atom stereocenters. The highest BCUT2D eigenvalue weighted by Crippen LogP contribution is 2.15. The van der Waals surface area contributed by atoms with Crippen LogP contribution in [0.5, 0.6) is 0 Å². The quantitative estimate of drug-likeness (QED) is 0.545. The third kappa shape index (κ3) is 1.98. The Morgan fingerprint density at radius 1 is 1.46 bits per heavy atom. The molecule has 68 valence electrons. The summed E-state index contributed by atoms with van der Waals surface area (Å²) in [4.78, 5) is 20.0. The summed E-state index contributed by atoms with van der Waals surface area (Å²) in [5.41, 5.74) is 4.12. The Balaban J connectivity index is 3.26. The van der Waals surface area contributed by atoms with Crippen molar-refractivity contribution in [1.29, 1.82) is 0 Å². The van der Waals surface area contributed by atoms with E-state index in [-0.39, 0.29) is 5.56 Å². The Bertz CT molecular complexity index is 346. The van der Waals surface area contributed by atoms with E-state index in [2.05, 4.69) is 0 Å². The van der Waals surface area contributed by atoms with Gasteiger partial charge in [0, 0.05) is 11.6 Å². The zero-order chi connectivity index (χ0) is 10.0. The molecule has 13 heavy (non-hydrogen) atoms. The fourth-order valence-electron chi connectivity index (χ4n) is 0.822. The molecule has 0 fully saturated rings. The number of halogens is 1. The highest BCUT2D eigenvalue weighted by Gasteiger charge is 2.12. The van der Waals surface area contributed by atoms with Gasteiger partial charge in [-0.15, -0.1) is 0 Å². The van der Waals surface area contributed by atoms with E-state index in [4.69, 9.17) is 5.73 Å². The van der Waals surface area contributed by atoms with Crippen molar-refractivity contribution >= 4 is 11.6 Å². The molecule has 6 heteroatoms. The minimum absolute atomic E-state index is 0.216. The van der Waals surface area contributed by atoms with E-state index in [0.717, 1.165) is 12.1 Å². The van der Waals surface area contributed by atoms with E-state index in [1.54, 1.807) is 0 Å². The average Bonchev–Trinajstić information content (AvgIpc) is 2.03. The van der Waals surface area contributed by atoms with Gasteiger partial charge in [-0.05, 0) is 6.07 Å². The van der Waals surface area contributed by atoms with Gasteiger partial charge in [0.05, 0.1) is 11.0 Å². The van der Waals surface area contributed by atoms with Crippen molar-refractivity contribution in [3.63, 3.8) is 0 Å². The largest absolute Gasteiger partial charge is 0.366 e. The van der Waals surface area contributed by atoms with Crippen LogP contribution in [0.1, 0.15) is 10.4 Å². The number of primary amides is 1. The van der Waals surface area contributed by atoms with Crippen LogP contribution in [0.2, 0.25) is 0 Å². The molecule has 0 aliphatic rings. The van der Waals surface area contributed by atoms with Crippen molar-refractivity contribution in [3.05, 3.63) is 39.7 Å². The predicted octanol–water partition coefficient (Wildman–Crippen LogP) is 0.833. The number of nitro groups is 1. The number of nitro benzene ring substituents is 1. The smallest absolute Gasteiger partial charge is 0.273 e. The lowest BCUT2D eigenvalue weighted by Crippen LogP contribution is -2.11. The van der Waals surface area contributed by atoms with Gasteiger partial charge in [0.1, 0.15) is 5.82 Å². The van der Waals surface area contributed by atoms with Crippen molar-refractivity contribution in [2.24, 2.45) is 5.73 Å². The number of hydrogen-bond donors (Lipinski definition) is 1. The second-order valence-electron chi connectivity index (χ2n) is 2.32. The summed E-state index contributed by atoms with van der Waals surface area (Å²) >= 11 is 0. The maximum atomic E-state index is 12.6. The summed E-state index contributed by atoms with van der Waals surface area (Å²) in [6.45, 7) is 0. The molecule has 0 heterocycles. The van der Waals surface area contributed by atoms with Gasteiger partial charge in [-0.2, -0.15) is 0 Å². The van der Waals surface area contributed by atoms with Gasteiger partial charge in [0.2, 0.25) is 5.91 Å². The average molecular weight is 184 g/mol. The first kappa shape index (κ1) is 9.11. The van der Waals surface area contributed by atoms with Gasteiger partial charge in [0.25, 0.3) is 5.69 Å². The number of carbonyl (C=O) groups is 1. The normalized spacial score (nSPS) is 9.62. The number of non-ortho nitro benzene ring substituents is 1. The first-order valence-corrected chi connectivity index (χ1v) is 3.25. The molecule has 1 rings (SSSR count). The zero-order valence-electron chi connectivity index (χ0n) is 6.36. The number of carbonyl (C=O) groups excluding carboxylic acids is 1. The molecule has 0 aromatic heterocycles. The van der Waals surface area contributed by atoms with Gasteiger partial charge in [-0.25, -0.2) is 4.39 Å². The second kappa shape index (κ2) is 3.18. The molecular weight excluding hydrogens is 179 g/mol. The van der Waals surface area contributed by atoms with Gasteiger partial charge in [0.15, 0.2) is 0 Å². The van der Waals surface area contributed by atoms with Crippen molar-refractivity contribution in [2.45, 2.75) is 0 Å². The Hall–Kier alpha value is -1.98. The molecule has 0 bridgehead atoms. The van der Waals surface area contributed by atoms with Gasteiger partial charge >= 0.3 is 0 Å². The SMILES string of the molecule is NC(=O)c1cc(F)cc([N+](=O)[O-])c1. The fourth-order valence-corrected chi connectivity index (χ4v) is 0.822. The van der Waals surface area contributed by atoms with Crippen LogP contribution in [0.3, 0.4) is 0 Å². The maximum absolute atomic E-state index is 12.6. The minimum Gasteiger partial charge on any atom is -0.366 e. The van der Waals surface area contributed by atoms with Crippen molar-refractivity contribution in [3.8, 4) is 0 Å². The number of nitrogens with two attached hydrogens (primary N) is 1. The third-order valence-electron chi connectivity index (χ3n) is 1.38. The Labute approximate surface area is 72.1 Å². The first-order chi connectivity index (χ1) is 6.00. The number of hydrogen-bond acceptors (Lipinski definition) is 3. The van der Waals surface area contributed by atoms with Gasteiger partial charge in [-0.3, -0.25) is 14.9 Å². The van der Waals surface area contributed by atoms with Crippen LogP contribution in [-0.4, -0.2) is 10.8 Å². The van der Waals surface area contributed by atoms with E-state index in [9.17, 15) is 19.3 Å². The van der Waals surface area contributed by atoms with Crippen LogP contribution in [0, 0.1) is 15.9 Å². The second-order valence-corrected chi connectivity index (χ2v) is 2.32. The molecule has 1 amide bonds. The molecule has 2 N–H and O–H groups in total. The highest BCUT2D eigenvalue weighted by molar-refractivity contribution is 5.93. The molecule has 0 unspecified atom stereocenters. The van der Waals surface area contributed by atoms with Crippen molar-refractivity contribution in [2.75, 3.05) is 0 Å². The summed E-state index contributed by atoms with van der Waals surface area (Å²) in [5, 5.41) is 10.2. The van der Waals surface area contributed by atoms with Gasteiger partial charge in [-0.1, -0.05) is 0 Å². The Kier molecular flexibility index (Phi) is 2.23. The number of amides is 1. The van der Waals surface area contributed by atoms with Crippen LogP contribution >= 0.6 is 0 Å². The van der Waals surface area contributed by atoms with E-state index in [0.29, 0.717) is 6.07 Å². The van der Waals surface area contributed by atoms with Crippen LogP contribution in [0.4, 0.5) is 10.1 Å². The number of benzene rings is 1. The molecule has 0 aliphatic carbocycles. The molecular formula is C7H5FN2O3. The molecule has 0 radical (unpaired) electrons.